The predicted molar refractivity (Wildman–Crippen MR) is 122 cm³/mol. The zero-order valence-corrected chi connectivity index (χ0v) is 17.7. The first-order valence-electron chi connectivity index (χ1n) is 9.66. The highest BCUT2D eigenvalue weighted by molar-refractivity contribution is 6.02. The summed E-state index contributed by atoms with van der Waals surface area (Å²) in [5.41, 5.74) is -5.40. The molecule has 0 spiro atoms. The Morgan fingerprint density at radius 2 is 0.694 bits per heavy atom. The number of benzene rings is 1. The van der Waals surface area contributed by atoms with E-state index in [-0.39, 0.29) is 17.8 Å². The van der Waals surface area contributed by atoms with E-state index in [1.807, 2.05) is 0 Å². The predicted octanol–water partition coefficient (Wildman–Crippen LogP) is 3.01. The normalized spacial score (nSPS) is 10.3. The first-order chi connectivity index (χ1) is 17.4. The molecule has 0 atom stereocenters. The van der Waals surface area contributed by atoms with E-state index in [2.05, 4.69) is 45.9 Å². The standard InChI is InChI=1S/C18H12N12O6/c31-28(32)13-10(25-16-19-4-1-5-20-16)14(29(33)34)12(27-18-23-8-3-9-24-18)15(30(35)36)11(13)26-17-21-6-2-7-22-17/h1-9H,(H,19,20,25)(H,21,22,26)(H,23,24,27). The summed E-state index contributed by atoms with van der Waals surface area (Å²) in [6.07, 6.45) is 7.70. The molecular weight excluding hydrogens is 480 g/mol. The Bertz CT molecular complexity index is 1240. The topological polar surface area (TPSA) is 243 Å². The second-order valence-corrected chi connectivity index (χ2v) is 6.53. The third kappa shape index (κ3) is 4.71. The van der Waals surface area contributed by atoms with Crippen LogP contribution in [0.25, 0.3) is 0 Å². The van der Waals surface area contributed by atoms with Gasteiger partial charge in [0.05, 0.1) is 14.8 Å². The molecule has 36 heavy (non-hydrogen) atoms. The van der Waals surface area contributed by atoms with Crippen LogP contribution >= 0.6 is 0 Å². The summed E-state index contributed by atoms with van der Waals surface area (Å²) in [5, 5.41) is 43.9. The summed E-state index contributed by atoms with van der Waals surface area (Å²) in [6.45, 7) is 0. The highest BCUT2D eigenvalue weighted by atomic mass is 16.6. The molecule has 0 saturated heterocycles. The Hall–Kier alpha value is -5.94. The van der Waals surface area contributed by atoms with Gasteiger partial charge < -0.3 is 16.0 Å². The molecule has 0 fully saturated rings. The average molecular weight is 492 g/mol. The van der Waals surface area contributed by atoms with Crippen molar-refractivity contribution in [2.24, 2.45) is 0 Å². The maximum Gasteiger partial charge on any atom is 0.330 e. The monoisotopic (exact) mass is 492 g/mol. The van der Waals surface area contributed by atoms with E-state index in [1.165, 1.54) is 55.4 Å². The Kier molecular flexibility index (Phi) is 6.39. The van der Waals surface area contributed by atoms with E-state index in [1.54, 1.807) is 0 Å². The number of hydrogen-bond acceptors (Lipinski definition) is 15. The smallest absolute Gasteiger partial charge is 0.313 e. The molecule has 3 N–H and O–H groups in total. The molecule has 18 nitrogen and oxygen atoms in total. The van der Waals surface area contributed by atoms with E-state index in [0.29, 0.717) is 0 Å². The van der Waals surface area contributed by atoms with Crippen LogP contribution in [0.5, 0.6) is 0 Å². The highest BCUT2D eigenvalue weighted by Crippen LogP contribution is 2.54. The quantitative estimate of drug-likeness (QED) is 0.224. The summed E-state index contributed by atoms with van der Waals surface area (Å²) < 4.78 is 0. The van der Waals surface area contributed by atoms with Crippen LogP contribution in [-0.4, -0.2) is 44.7 Å². The van der Waals surface area contributed by atoms with Crippen molar-refractivity contribution in [1.82, 2.24) is 29.9 Å². The van der Waals surface area contributed by atoms with Gasteiger partial charge in [0.1, 0.15) is 0 Å². The molecule has 0 aliphatic heterocycles. The molecule has 0 saturated carbocycles. The summed E-state index contributed by atoms with van der Waals surface area (Å²) in [6, 6.07) is 4.34. The number of hydrogen-bond donors (Lipinski definition) is 3. The van der Waals surface area contributed by atoms with Gasteiger partial charge in [-0.15, -0.1) is 0 Å². The molecular formula is C18H12N12O6. The summed E-state index contributed by atoms with van der Waals surface area (Å²) in [5.74, 6) is -0.746. The molecule has 0 aliphatic rings. The molecule has 0 aliphatic carbocycles. The average Bonchev–Trinajstić information content (AvgIpc) is 2.85. The van der Waals surface area contributed by atoms with Crippen molar-refractivity contribution in [1.29, 1.82) is 0 Å². The van der Waals surface area contributed by atoms with Gasteiger partial charge in [0.2, 0.25) is 34.9 Å². The molecule has 0 unspecified atom stereocenters. The second kappa shape index (κ2) is 9.91. The second-order valence-electron chi connectivity index (χ2n) is 6.53. The van der Waals surface area contributed by atoms with Crippen LogP contribution in [0.2, 0.25) is 0 Å². The third-order valence-electron chi connectivity index (χ3n) is 4.38. The molecule has 1 aromatic carbocycles. The van der Waals surface area contributed by atoms with Crippen LogP contribution in [-0.2, 0) is 0 Å². The van der Waals surface area contributed by atoms with Gasteiger partial charge in [0, 0.05) is 37.2 Å². The molecule has 0 radical (unpaired) electrons. The van der Waals surface area contributed by atoms with Gasteiger partial charge in [0.25, 0.3) is 0 Å². The number of nitro benzene ring substituents is 3. The Labute approximate surface area is 199 Å². The van der Waals surface area contributed by atoms with E-state index < -0.39 is 48.9 Å². The van der Waals surface area contributed by atoms with Crippen molar-refractivity contribution in [3.8, 4) is 0 Å². The minimum Gasteiger partial charge on any atom is -0.313 e. The fraction of sp³-hybridized carbons (Fsp3) is 0. The zero-order valence-electron chi connectivity index (χ0n) is 17.7. The SMILES string of the molecule is O=[N+]([O-])c1c(Nc2ncccn2)c([N+](=O)[O-])c(Nc2ncccn2)c([N+](=O)[O-])c1Nc1ncccn1. The van der Waals surface area contributed by atoms with Gasteiger partial charge in [-0.2, -0.15) is 0 Å². The fourth-order valence-corrected chi connectivity index (χ4v) is 3.04. The zero-order chi connectivity index (χ0) is 25.7. The van der Waals surface area contributed by atoms with Crippen molar-refractivity contribution >= 4 is 52.0 Å². The number of aromatic nitrogens is 6. The Morgan fingerprint density at radius 1 is 0.472 bits per heavy atom. The van der Waals surface area contributed by atoms with Crippen molar-refractivity contribution < 1.29 is 14.8 Å². The highest BCUT2D eigenvalue weighted by Gasteiger charge is 2.43. The lowest BCUT2D eigenvalue weighted by Gasteiger charge is -2.15. The molecule has 180 valence electrons. The van der Waals surface area contributed by atoms with Crippen LogP contribution < -0.4 is 16.0 Å². The minimum absolute atomic E-state index is 0.249. The third-order valence-corrected chi connectivity index (χ3v) is 4.38. The maximum atomic E-state index is 12.2. The molecule has 0 bridgehead atoms. The molecule has 18 heteroatoms. The Morgan fingerprint density at radius 3 is 0.889 bits per heavy atom. The molecule has 0 amide bonds. The van der Waals surface area contributed by atoms with E-state index in [0.717, 1.165) is 0 Å². The van der Waals surface area contributed by atoms with Gasteiger partial charge >= 0.3 is 17.1 Å². The van der Waals surface area contributed by atoms with Gasteiger partial charge in [-0.3, -0.25) is 30.3 Å². The van der Waals surface area contributed by atoms with Crippen LogP contribution in [0.4, 0.5) is 52.0 Å². The van der Waals surface area contributed by atoms with E-state index >= 15 is 0 Å². The van der Waals surface area contributed by atoms with Crippen LogP contribution in [0.1, 0.15) is 0 Å². The number of rotatable bonds is 9. The van der Waals surface area contributed by atoms with Crippen LogP contribution in [0.3, 0.4) is 0 Å². The molecule has 4 rings (SSSR count). The number of nitro groups is 3. The van der Waals surface area contributed by atoms with Gasteiger partial charge in [-0.25, -0.2) is 29.9 Å². The fourth-order valence-electron chi connectivity index (χ4n) is 3.04. The van der Waals surface area contributed by atoms with Gasteiger partial charge in [0.15, 0.2) is 0 Å². The van der Waals surface area contributed by atoms with Crippen molar-refractivity contribution in [2.45, 2.75) is 0 Å². The first kappa shape index (κ1) is 23.2. The molecule has 4 aromatic rings. The van der Waals surface area contributed by atoms with Crippen LogP contribution in [0, 0.1) is 30.3 Å². The van der Waals surface area contributed by atoms with E-state index in [4.69, 9.17) is 0 Å². The van der Waals surface area contributed by atoms with E-state index in [9.17, 15) is 30.3 Å². The lowest BCUT2D eigenvalue weighted by atomic mass is 10.1. The van der Waals surface area contributed by atoms with Crippen molar-refractivity contribution in [3.05, 3.63) is 85.7 Å². The molecule has 3 heterocycles. The summed E-state index contributed by atoms with van der Waals surface area (Å²) >= 11 is 0. The summed E-state index contributed by atoms with van der Waals surface area (Å²) in [4.78, 5) is 56.7. The van der Waals surface area contributed by atoms with Gasteiger partial charge in [-0.05, 0) is 18.2 Å². The maximum absolute atomic E-state index is 12.2. The van der Waals surface area contributed by atoms with Crippen molar-refractivity contribution in [2.75, 3.05) is 16.0 Å². The number of nitrogens with zero attached hydrogens (tertiary/aromatic N) is 9. The minimum atomic E-state index is -1.05. The lowest BCUT2D eigenvalue weighted by Crippen LogP contribution is -2.13. The first-order valence-corrected chi connectivity index (χ1v) is 9.66. The lowest BCUT2D eigenvalue weighted by molar-refractivity contribution is -0.399. The summed E-state index contributed by atoms with van der Waals surface area (Å²) in [7, 11) is 0. The van der Waals surface area contributed by atoms with Crippen LogP contribution in [0.15, 0.2) is 55.4 Å². The van der Waals surface area contributed by atoms with Gasteiger partial charge in [-0.1, -0.05) is 0 Å². The van der Waals surface area contributed by atoms with Crippen molar-refractivity contribution in [3.63, 3.8) is 0 Å². The largest absolute Gasteiger partial charge is 0.330 e. The molecule has 3 aromatic heterocycles. The number of nitrogens with one attached hydrogen (secondary N) is 3. The number of anilines is 6. The Balaban J connectivity index is 2.10.